The Morgan fingerprint density at radius 1 is 1.08 bits per heavy atom. The average molecular weight is 325 g/mol. The van der Waals surface area contributed by atoms with E-state index in [1.54, 1.807) is 0 Å². The van der Waals surface area contributed by atoms with E-state index in [4.69, 9.17) is 4.74 Å². The molecule has 0 unspecified atom stereocenters. The minimum absolute atomic E-state index is 0.326. The SMILES string of the molecule is C[C@@H]1CCCCN1C[C@@H](O)COc1ccccc1-c1ccccc1. The summed E-state index contributed by atoms with van der Waals surface area (Å²) < 4.78 is 5.95. The summed E-state index contributed by atoms with van der Waals surface area (Å²) in [6, 6.07) is 18.8. The predicted molar refractivity (Wildman–Crippen MR) is 98.3 cm³/mol. The van der Waals surface area contributed by atoms with Crippen LogP contribution < -0.4 is 4.74 Å². The van der Waals surface area contributed by atoms with Crippen molar-refractivity contribution in [2.75, 3.05) is 19.7 Å². The maximum atomic E-state index is 10.4. The van der Waals surface area contributed by atoms with Crippen molar-refractivity contribution in [1.29, 1.82) is 0 Å². The number of nitrogens with zero attached hydrogens (tertiary/aromatic N) is 1. The van der Waals surface area contributed by atoms with Gasteiger partial charge in [-0.05, 0) is 37.9 Å². The largest absolute Gasteiger partial charge is 0.490 e. The van der Waals surface area contributed by atoms with Crippen molar-refractivity contribution in [3.8, 4) is 16.9 Å². The van der Waals surface area contributed by atoms with Gasteiger partial charge in [-0.15, -0.1) is 0 Å². The van der Waals surface area contributed by atoms with Crippen LogP contribution in [0.1, 0.15) is 26.2 Å². The fourth-order valence-electron chi connectivity index (χ4n) is 3.39. The number of aliphatic hydroxyl groups is 1. The van der Waals surface area contributed by atoms with E-state index < -0.39 is 6.10 Å². The summed E-state index contributed by atoms with van der Waals surface area (Å²) in [6.45, 7) is 4.35. The van der Waals surface area contributed by atoms with Gasteiger partial charge in [-0.3, -0.25) is 4.90 Å². The molecule has 0 aromatic heterocycles. The monoisotopic (exact) mass is 325 g/mol. The molecule has 1 N–H and O–H groups in total. The fourth-order valence-corrected chi connectivity index (χ4v) is 3.39. The number of aliphatic hydroxyl groups excluding tert-OH is 1. The second-order valence-corrected chi connectivity index (χ2v) is 6.67. The first-order valence-corrected chi connectivity index (χ1v) is 8.93. The zero-order valence-corrected chi connectivity index (χ0v) is 14.4. The number of benzene rings is 2. The van der Waals surface area contributed by atoms with Gasteiger partial charge in [0.2, 0.25) is 0 Å². The molecule has 1 fully saturated rings. The van der Waals surface area contributed by atoms with Crippen molar-refractivity contribution in [2.24, 2.45) is 0 Å². The number of ether oxygens (including phenoxy) is 1. The first-order chi connectivity index (χ1) is 11.7. The molecule has 2 atom stereocenters. The number of hydrogen-bond acceptors (Lipinski definition) is 3. The van der Waals surface area contributed by atoms with Crippen molar-refractivity contribution in [1.82, 2.24) is 4.90 Å². The molecule has 1 saturated heterocycles. The zero-order chi connectivity index (χ0) is 16.8. The predicted octanol–water partition coefficient (Wildman–Crippen LogP) is 3.97. The van der Waals surface area contributed by atoms with Crippen LogP contribution in [0.3, 0.4) is 0 Å². The summed E-state index contributed by atoms with van der Waals surface area (Å²) in [5.74, 6) is 0.828. The van der Waals surface area contributed by atoms with Crippen LogP contribution in [0.15, 0.2) is 54.6 Å². The smallest absolute Gasteiger partial charge is 0.127 e. The molecule has 128 valence electrons. The Morgan fingerprint density at radius 3 is 2.62 bits per heavy atom. The summed E-state index contributed by atoms with van der Waals surface area (Å²) in [5.41, 5.74) is 2.20. The highest BCUT2D eigenvalue weighted by molar-refractivity contribution is 5.70. The van der Waals surface area contributed by atoms with Crippen LogP contribution in [0.25, 0.3) is 11.1 Å². The van der Waals surface area contributed by atoms with E-state index in [0.29, 0.717) is 19.2 Å². The van der Waals surface area contributed by atoms with Crippen LogP contribution in [0, 0.1) is 0 Å². The lowest BCUT2D eigenvalue weighted by molar-refractivity contribution is 0.0439. The third kappa shape index (κ3) is 4.37. The Morgan fingerprint density at radius 2 is 1.83 bits per heavy atom. The molecule has 0 aliphatic carbocycles. The van der Waals surface area contributed by atoms with Crippen LogP contribution in [0.4, 0.5) is 0 Å². The van der Waals surface area contributed by atoms with Gasteiger partial charge in [-0.1, -0.05) is 55.0 Å². The lowest BCUT2D eigenvalue weighted by atomic mass is 10.0. The van der Waals surface area contributed by atoms with Gasteiger partial charge in [0.15, 0.2) is 0 Å². The van der Waals surface area contributed by atoms with Crippen molar-refractivity contribution >= 4 is 0 Å². The Bertz CT molecular complexity index is 629. The lowest BCUT2D eigenvalue weighted by Crippen LogP contribution is -2.43. The van der Waals surface area contributed by atoms with Crippen molar-refractivity contribution in [2.45, 2.75) is 38.3 Å². The third-order valence-corrected chi connectivity index (χ3v) is 4.79. The Kier molecular flexibility index (Phi) is 5.89. The Hall–Kier alpha value is -1.84. The van der Waals surface area contributed by atoms with Crippen LogP contribution in [0.5, 0.6) is 5.75 Å². The standard InChI is InChI=1S/C21H27NO2/c1-17-9-7-8-14-22(17)15-19(23)16-24-21-13-6-5-12-20(21)18-10-3-2-4-11-18/h2-6,10-13,17,19,23H,7-9,14-16H2,1H3/t17-,19-/m1/s1. The van der Waals surface area contributed by atoms with Crippen LogP contribution in [-0.2, 0) is 0 Å². The van der Waals surface area contributed by atoms with Crippen LogP contribution in [0.2, 0.25) is 0 Å². The summed E-state index contributed by atoms with van der Waals surface area (Å²) in [4.78, 5) is 2.38. The molecule has 1 aliphatic heterocycles. The fraction of sp³-hybridized carbons (Fsp3) is 0.429. The molecule has 0 spiro atoms. The quantitative estimate of drug-likeness (QED) is 0.872. The van der Waals surface area contributed by atoms with Gasteiger partial charge in [-0.2, -0.15) is 0 Å². The van der Waals surface area contributed by atoms with E-state index in [1.165, 1.54) is 19.3 Å². The molecule has 1 heterocycles. The van der Waals surface area contributed by atoms with Gasteiger partial charge in [0, 0.05) is 18.2 Å². The molecular weight excluding hydrogens is 298 g/mol. The molecule has 0 bridgehead atoms. The van der Waals surface area contributed by atoms with Gasteiger partial charge in [-0.25, -0.2) is 0 Å². The molecule has 0 saturated carbocycles. The van der Waals surface area contributed by atoms with Crippen molar-refractivity contribution in [3.63, 3.8) is 0 Å². The number of likely N-dealkylation sites (tertiary alicyclic amines) is 1. The van der Waals surface area contributed by atoms with Gasteiger partial charge in [0.25, 0.3) is 0 Å². The van der Waals surface area contributed by atoms with E-state index in [2.05, 4.69) is 30.0 Å². The molecule has 0 radical (unpaired) electrons. The summed E-state index contributed by atoms with van der Waals surface area (Å²) in [6.07, 6.45) is 3.29. The van der Waals surface area contributed by atoms with E-state index in [1.807, 2.05) is 36.4 Å². The number of hydrogen-bond donors (Lipinski definition) is 1. The summed E-state index contributed by atoms with van der Waals surface area (Å²) >= 11 is 0. The molecule has 0 amide bonds. The first-order valence-electron chi connectivity index (χ1n) is 8.93. The molecule has 1 aliphatic rings. The minimum Gasteiger partial charge on any atom is -0.490 e. The van der Waals surface area contributed by atoms with Gasteiger partial charge in [0.1, 0.15) is 18.5 Å². The average Bonchev–Trinajstić information content (AvgIpc) is 2.63. The van der Waals surface area contributed by atoms with E-state index in [-0.39, 0.29) is 0 Å². The molecular formula is C21H27NO2. The molecule has 2 aromatic carbocycles. The van der Waals surface area contributed by atoms with Gasteiger partial charge in [0.05, 0.1) is 0 Å². The zero-order valence-electron chi connectivity index (χ0n) is 14.4. The maximum absolute atomic E-state index is 10.4. The third-order valence-electron chi connectivity index (χ3n) is 4.79. The maximum Gasteiger partial charge on any atom is 0.127 e. The highest BCUT2D eigenvalue weighted by atomic mass is 16.5. The van der Waals surface area contributed by atoms with E-state index >= 15 is 0 Å². The van der Waals surface area contributed by atoms with E-state index in [9.17, 15) is 5.11 Å². The first kappa shape index (κ1) is 17.0. The number of para-hydroxylation sites is 1. The molecule has 24 heavy (non-hydrogen) atoms. The summed E-state index contributed by atoms with van der Waals surface area (Å²) in [5, 5.41) is 10.4. The molecule has 3 heteroatoms. The second kappa shape index (κ2) is 8.32. The number of piperidine rings is 1. The number of rotatable bonds is 6. The molecule has 3 rings (SSSR count). The second-order valence-electron chi connectivity index (χ2n) is 6.67. The van der Waals surface area contributed by atoms with Crippen molar-refractivity contribution < 1.29 is 9.84 Å². The highest BCUT2D eigenvalue weighted by Crippen LogP contribution is 2.29. The lowest BCUT2D eigenvalue weighted by Gasteiger charge is -2.34. The number of β-amino-alcohol motifs (C(OH)–C–C–N with tert-alkyl or cyclic N) is 1. The molecule has 2 aromatic rings. The normalized spacial score (nSPS) is 19.8. The Balaban J connectivity index is 1.60. The van der Waals surface area contributed by atoms with E-state index in [0.717, 1.165) is 23.4 Å². The van der Waals surface area contributed by atoms with Gasteiger partial charge < -0.3 is 9.84 Å². The van der Waals surface area contributed by atoms with Gasteiger partial charge >= 0.3 is 0 Å². The highest BCUT2D eigenvalue weighted by Gasteiger charge is 2.21. The van der Waals surface area contributed by atoms with Crippen LogP contribution in [-0.4, -0.2) is 41.8 Å². The Labute approximate surface area is 144 Å². The summed E-state index contributed by atoms with van der Waals surface area (Å²) in [7, 11) is 0. The molecule has 3 nitrogen and oxygen atoms in total. The minimum atomic E-state index is -0.464. The van der Waals surface area contributed by atoms with Crippen molar-refractivity contribution in [3.05, 3.63) is 54.6 Å². The topological polar surface area (TPSA) is 32.7 Å². The van der Waals surface area contributed by atoms with Crippen LogP contribution >= 0.6 is 0 Å².